The van der Waals surface area contributed by atoms with Gasteiger partial charge in [-0.1, -0.05) is 42.4 Å². The van der Waals surface area contributed by atoms with E-state index in [0.29, 0.717) is 17.5 Å². The van der Waals surface area contributed by atoms with Crippen LogP contribution in [0.5, 0.6) is 5.75 Å². The molecule has 0 aliphatic rings. The van der Waals surface area contributed by atoms with Crippen molar-refractivity contribution in [2.75, 3.05) is 7.11 Å². The van der Waals surface area contributed by atoms with Gasteiger partial charge < -0.3 is 13.8 Å². The van der Waals surface area contributed by atoms with Gasteiger partial charge in [-0.05, 0) is 32.4 Å². The van der Waals surface area contributed by atoms with Gasteiger partial charge in [-0.15, -0.1) is 0 Å². The summed E-state index contributed by atoms with van der Waals surface area (Å²) >= 11 is 1.63. The molecule has 2 aromatic heterocycles. The van der Waals surface area contributed by atoms with E-state index in [-0.39, 0.29) is 0 Å². The molecule has 3 rings (SSSR count). The molecule has 2 heterocycles. The number of aryl methyl sites for hydroxylation is 1. The average Bonchev–Trinajstić information content (AvgIpc) is 3.24. The minimum atomic E-state index is 0.541. The van der Waals surface area contributed by atoms with E-state index < -0.39 is 0 Å². The number of unbranched alkanes of at least 4 members (excludes halogenated alkanes) is 1. The Hall–Kier alpha value is -2.28. The summed E-state index contributed by atoms with van der Waals surface area (Å²) in [6, 6.07) is 7.65. The van der Waals surface area contributed by atoms with Crippen LogP contribution in [0.4, 0.5) is 0 Å². The second kappa shape index (κ2) is 8.40. The molecule has 0 fully saturated rings. The summed E-state index contributed by atoms with van der Waals surface area (Å²) in [6.07, 6.45) is 2.30. The van der Waals surface area contributed by atoms with Gasteiger partial charge in [0.1, 0.15) is 5.75 Å². The molecule has 0 bridgehead atoms. The lowest BCUT2D eigenvalue weighted by atomic mass is 10.2. The number of hydrogen-bond donors (Lipinski definition) is 0. The zero-order valence-corrected chi connectivity index (χ0v) is 16.5. The molecule has 0 saturated heterocycles. The first-order chi connectivity index (χ1) is 12.6. The Morgan fingerprint density at radius 1 is 1.19 bits per heavy atom. The zero-order valence-electron chi connectivity index (χ0n) is 15.7. The monoisotopic (exact) mass is 372 g/mol. The number of thioether (sulfide) groups is 1. The second-order valence-electron chi connectivity index (χ2n) is 6.07. The number of para-hydroxylation sites is 1. The Kier molecular flexibility index (Phi) is 5.98. The summed E-state index contributed by atoms with van der Waals surface area (Å²) in [5.74, 6) is 2.44. The Bertz CT molecular complexity index is 872. The molecule has 0 spiro atoms. The predicted molar refractivity (Wildman–Crippen MR) is 102 cm³/mol. The topological polar surface area (TPSA) is 66.0 Å². The molecule has 0 radical (unpaired) electrons. The lowest BCUT2D eigenvalue weighted by Crippen LogP contribution is -2.02. The van der Waals surface area contributed by atoms with E-state index in [2.05, 4.69) is 33.5 Å². The fourth-order valence-electron chi connectivity index (χ4n) is 2.69. The summed E-state index contributed by atoms with van der Waals surface area (Å²) in [5, 5.41) is 5.10. The number of aromatic nitrogens is 4. The van der Waals surface area contributed by atoms with Crippen molar-refractivity contribution in [3.05, 3.63) is 41.5 Å². The average molecular weight is 372 g/mol. The minimum Gasteiger partial charge on any atom is -0.496 e. The third-order valence-electron chi connectivity index (χ3n) is 4.30. The normalized spacial score (nSPS) is 11.1. The summed E-state index contributed by atoms with van der Waals surface area (Å²) in [5.41, 5.74) is 3.12. The largest absolute Gasteiger partial charge is 0.496 e. The molecule has 1 aromatic carbocycles. The van der Waals surface area contributed by atoms with E-state index >= 15 is 0 Å². The van der Waals surface area contributed by atoms with Crippen molar-refractivity contribution in [1.29, 1.82) is 0 Å². The molecule has 0 atom stereocenters. The lowest BCUT2D eigenvalue weighted by molar-refractivity contribution is 0.390. The molecule has 0 amide bonds. The molecule has 0 saturated carbocycles. The van der Waals surface area contributed by atoms with E-state index in [9.17, 15) is 0 Å². The van der Waals surface area contributed by atoms with Crippen LogP contribution in [0.25, 0.3) is 11.4 Å². The summed E-state index contributed by atoms with van der Waals surface area (Å²) in [4.78, 5) is 9.20. The molecular formula is C19H24N4O2S. The van der Waals surface area contributed by atoms with E-state index in [0.717, 1.165) is 41.5 Å². The molecule has 6 nitrogen and oxygen atoms in total. The van der Waals surface area contributed by atoms with Gasteiger partial charge in [0.2, 0.25) is 11.7 Å². The van der Waals surface area contributed by atoms with Crippen LogP contribution in [0.15, 0.2) is 33.9 Å². The van der Waals surface area contributed by atoms with Crippen LogP contribution >= 0.6 is 11.8 Å². The van der Waals surface area contributed by atoms with Crippen LogP contribution in [0.1, 0.15) is 37.0 Å². The number of nitrogens with zero attached hydrogens (tertiary/aromatic N) is 4. The zero-order chi connectivity index (χ0) is 18.5. The van der Waals surface area contributed by atoms with E-state index in [1.165, 1.54) is 5.69 Å². The lowest BCUT2D eigenvalue weighted by Gasteiger charge is -2.08. The highest BCUT2D eigenvalue weighted by molar-refractivity contribution is 7.98. The maximum Gasteiger partial charge on any atom is 0.237 e. The number of rotatable bonds is 8. The first kappa shape index (κ1) is 18.5. The van der Waals surface area contributed by atoms with E-state index in [4.69, 9.17) is 9.26 Å². The van der Waals surface area contributed by atoms with Crippen molar-refractivity contribution in [1.82, 2.24) is 19.7 Å². The molecule has 7 heteroatoms. The first-order valence-electron chi connectivity index (χ1n) is 8.76. The van der Waals surface area contributed by atoms with Crippen molar-refractivity contribution < 1.29 is 9.26 Å². The highest BCUT2D eigenvalue weighted by Gasteiger charge is 2.16. The summed E-state index contributed by atoms with van der Waals surface area (Å²) in [7, 11) is 1.64. The van der Waals surface area contributed by atoms with Gasteiger partial charge in [0, 0.05) is 12.2 Å². The van der Waals surface area contributed by atoms with Gasteiger partial charge in [0.15, 0.2) is 5.16 Å². The van der Waals surface area contributed by atoms with Crippen molar-refractivity contribution in [3.63, 3.8) is 0 Å². The van der Waals surface area contributed by atoms with Gasteiger partial charge in [-0.25, -0.2) is 4.98 Å². The van der Waals surface area contributed by atoms with E-state index in [1.807, 2.05) is 31.2 Å². The Labute approximate surface area is 158 Å². The van der Waals surface area contributed by atoms with E-state index in [1.54, 1.807) is 18.9 Å². The number of methoxy groups -OCH3 is 1. The Morgan fingerprint density at radius 2 is 2.00 bits per heavy atom. The molecule has 0 unspecified atom stereocenters. The molecule has 0 aliphatic carbocycles. The van der Waals surface area contributed by atoms with Crippen molar-refractivity contribution in [3.8, 4) is 17.1 Å². The van der Waals surface area contributed by atoms with Crippen molar-refractivity contribution >= 4 is 11.8 Å². The first-order valence-corrected chi connectivity index (χ1v) is 9.75. The molecular weight excluding hydrogens is 348 g/mol. The smallest absolute Gasteiger partial charge is 0.237 e. The van der Waals surface area contributed by atoms with Crippen LogP contribution in [-0.2, 0) is 12.3 Å². The van der Waals surface area contributed by atoms with Gasteiger partial charge in [0.05, 0.1) is 24.1 Å². The van der Waals surface area contributed by atoms with Crippen LogP contribution in [0.3, 0.4) is 0 Å². The number of hydrogen-bond acceptors (Lipinski definition) is 6. The SMILES string of the molecule is CCCCn1c(SCc2nc(-c3ccccc3OC)no2)nc(C)c1C. The molecule has 0 aliphatic heterocycles. The van der Waals surface area contributed by atoms with Gasteiger partial charge >= 0.3 is 0 Å². The van der Waals surface area contributed by atoms with Crippen LogP contribution in [-0.4, -0.2) is 26.8 Å². The van der Waals surface area contributed by atoms with Crippen LogP contribution < -0.4 is 4.74 Å². The van der Waals surface area contributed by atoms with Gasteiger partial charge in [-0.2, -0.15) is 4.98 Å². The fourth-order valence-corrected chi connectivity index (χ4v) is 3.65. The van der Waals surface area contributed by atoms with Crippen molar-refractivity contribution in [2.45, 2.75) is 51.1 Å². The number of ether oxygens (including phenoxy) is 1. The molecule has 26 heavy (non-hydrogen) atoms. The maximum atomic E-state index is 5.42. The minimum absolute atomic E-state index is 0.541. The van der Waals surface area contributed by atoms with Crippen molar-refractivity contribution in [2.24, 2.45) is 0 Å². The van der Waals surface area contributed by atoms with Crippen LogP contribution in [0.2, 0.25) is 0 Å². The highest BCUT2D eigenvalue weighted by Crippen LogP contribution is 2.29. The standard InChI is InChI=1S/C19H24N4O2S/c1-5-6-11-23-14(3)13(2)20-19(23)26-12-17-21-18(22-25-17)15-9-7-8-10-16(15)24-4/h7-10H,5-6,11-12H2,1-4H3. The molecule has 138 valence electrons. The third-order valence-corrected chi connectivity index (χ3v) is 5.26. The third kappa shape index (κ3) is 3.93. The number of imidazole rings is 1. The second-order valence-corrected chi connectivity index (χ2v) is 7.01. The fraction of sp³-hybridized carbons (Fsp3) is 0.421. The quantitative estimate of drug-likeness (QED) is 0.536. The Morgan fingerprint density at radius 3 is 2.77 bits per heavy atom. The van der Waals surface area contributed by atoms with Gasteiger partial charge in [-0.3, -0.25) is 0 Å². The molecule has 3 aromatic rings. The number of benzene rings is 1. The maximum absolute atomic E-state index is 5.42. The van der Waals surface area contributed by atoms with Gasteiger partial charge in [0.25, 0.3) is 0 Å². The Balaban J connectivity index is 1.74. The summed E-state index contributed by atoms with van der Waals surface area (Å²) < 4.78 is 13.1. The predicted octanol–water partition coefficient (Wildman–Crippen LogP) is 4.65. The highest BCUT2D eigenvalue weighted by atomic mass is 32.2. The van der Waals surface area contributed by atoms with Crippen LogP contribution in [0, 0.1) is 13.8 Å². The summed E-state index contributed by atoms with van der Waals surface area (Å²) in [6.45, 7) is 7.36. The molecule has 0 N–H and O–H groups in total.